The number of carbonyl (C=O) groups is 1. The molecule has 1 N–H and O–H groups in total. The number of aryl methyl sites for hydroxylation is 1. The maximum Gasteiger partial charge on any atom is 0.326 e. The van der Waals surface area contributed by atoms with Gasteiger partial charge in [0.25, 0.3) is 0 Å². The number of carboxylic acid groups (broad SMARTS) is 1. The molecule has 0 aliphatic heterocycles. The van der Waals surface area contributed by atoms with Gasteiger partial charge in [0.05, 0.1) is 0 Å². The Kier molecular flexibility index (Phi) is 4.35. The van der Waals surface area contributed by atoms with Gasteiger partial charge in [0.2, 0.25) is 0 Å². The van der Waals surface area contributed by atoms with Crippen LogP contribution in [0.2, 0.25) is 0 Å². The molecule has 16 heavy (non-hydrogen) atoms. The fraction of sp³-hybridized carbons (Fsp3) is 0.462. The molecule has 3 heteroatoms. The molecule has 0 radical (unpaired) electrons. The maximum absolute atomic E-state index is 11.1. The Morgan fingerprint density at radius 1 is 1.38 bits per heavy atom. The van der Waals surface area contributed by atoms with Crippen LogP contribution in [0.1, 0.15) is 25.8 Å². The molecule has 1 atom stereocenters. The fourth-order valence-electron chi connectivity index (χ4n) is 1.94. The number of likely N-dealkylation sites (N-methyl/N-ethyl adjacent to an activating group) is 1. The van der Waals surface area contributed by atoms with Crippen molar-refractivity contribution in [3.63, 3.8) is 0 Å². The molecule has 1 aromatic carbocycles. The van der Waals surface area contributed by atoms with E-state index in [1.165, 1.54) is 5.56 Å². The Balaban J connectivity index is 3.02. The number of benzene rings is 1. The van der Waals surface area contributed by atoms with Crippen molar-refractivity contribution in [3.8, 4) is 0 Å². The molecule has 0 aliphatic carbocycles. The van der Waals surface area contributed by atoms with E-state index in [4.69, 9.17) is 5.11 Å². The SMILES string of the molecule is CCc1ccccc1N(C)C(CC)C(=O)O. The van der Waals surface area contributed by atoms with E-state index in [1.54, 1.807) is 0 Å². The van der Waals surface area contributed by atoms with Crippen molar-refractivity contribution in [1.82, 2.24) is 0 Å². The van der Waals surface area contributed by atoms with E-state index in [2.05, 4.69) is 6.92 Å². The summed E-state index contributed by atoms with van der Waals surface area (Å²) in [4.78, 5) is 13.0. The van der Waals surface area contributed by atoms with Gasteiger partial charge in [-0.25, -0.2) is 4.79 Å². The van der Waals surface area contributed by atoms with Crippen molar-refractivity contribution >= 4 is 11.7 Å². The zero-order chi connectivity index (χ0) is 12.1. The molecule has 0 fully saturated rings. The quantitative estimate of drug-likeness (QED) is 0.830. The summed E-state index contributed by atoms with van der Waals surface area (Å²) >= 11 is 0. The summed E-state index contributed by atoms with van der Waals surface area (Å²) in [7, 11) is 1.84. The van der Waals surface area contributed by atoms with Gasteiger partial charge in [-0.1, -0.05) is 32.0 Å². The fourth-order valence-corrected chi connectivity index (χ4v) is 1.94. The first-order valence-electron chi connectivity index (χ1n) is 5.65. The first-order chi connectivity index (χ1) is 7.61. The predicted molar refractivity (Wildman–Crippen MR) is 65.9 cm³/mol. The molecule has 0 saturated carbocycles. The highest BCUT2D eigenvalue weighted by atomic mass is 16.4. The van der Waals surface area contributed by atoms with Crippen LogP contribution in [0.25, 0.3) is 0 Å². The summed E-state index contributed by atoms with van der Waals surface area (Å²) in [6.45, 7) is 3.97. The molecule has 0 heterocycles. The molecule has 1 unspecified atom stereocenters. The van der Waals surface area contributed by atoms with Crippen LogP contribution >= 0.6 is 0 Å². The third kappa shape index (κ3) is 2.54. The topological polar surface area (TPSA) is 40.5 Å². The lowest BCUT2D eigenvalue weighted by atomic mass is 10.1. The third-order valence-electron chi connectivity index (χ3n) is 2.89. The molecular weight excluding hydrogens is 202 g/mol. The predicted octanol–water partition coefficient (Wildman–Crippen LogP) is 2.55. The smallest absolute Gasteiger partial charge is 0.326 e. The number of aliphatic carboxylic acids is 1. The van der Waals surface area contributed by atoms with E-state index in [0.29, 0.717) is 6.42 Å². The summed E-state index contributed by atoms with van der Waals surface area (Å²) in [5.74, 6) is -0.768. The summed E-state index contributed by atoms with van der Waals surface area (Å²) in [6, 6.07) is 7.50. The van der Waals surface area contributed by atoms with Gasteiger partial charge in [0.15, 0.2) is 0 Å². The van der Waals surface area contributed by atoms with Crippen LogP contribution in [0.15, 0.2) is 24.3 Å². The van der Waals surface area contributed by atoms with Crippen molar-refractivity contribution < 1.29 is 9.90 Å². The summed E-state index contributed by atoms with van der Waals surface area (Å²) in [5.41, 5.74) is 2.20. The normalized spacial score (nSPS) is 12.2. The van der Waals surface area contributed by atoms with Gasteiger partial charge in [-0.15, -0.1) is 0 Å². The molecule has 0 aromatic heterocycles. The molecule has 0 amide bonds. The van der Waals surface area contributed by atoms with Gasteiger partial charge < -0.3 is 10.0 Å². The Morgan fingerprint density at radius 2 is 2.00 bits per heavy atom. The highest BCUT2D eigenvalue weighted by Gasteiger charge is 2.21. The number of hydrogen-bond donors (Lipinski definition) is 1. The second-order valence-corrected chi connectivity index (χ2v) is 3.86. The van der Waals surface area contributed by atoms with E-state index < -0.39 is 12.0 Å². The lowest BCUT2D eigenvalue weighted by Gasteiger charge is -2.27. The minimum atomic E-state index is -0.768. The van der Waals surface area contributed by atoms with Gasteiger partial charge in [-0.3, -0.25) is 0 Å². The van der Waals surface area contributed by atoms with Crippen LogP contribution in [0.3, 0.4) is 0 Å². The number of anilines is 1. The van der Waals surface area contributed by atoms with Gasteiger partial charge in [-0.05, 0) is 24.5 Å². The van der Waals surface area contributed by atoms with Gasteiger partial charge in [0.1, 0.15) is 6.04 Å². The van der Waals surface area contributed by atoms with E-state index in [1.807, 2.05) is 43.1 Å². The van der Waals surface area contributed by atoms with Crippen LogP contribution in [-0.4, -0.2) is 24.2 Å². The number of rotatable bonds is 5. The molecule has 88 valence electrons. The van der Waals surface area contributed by atoms with Gasteiger partial charge in [0, 0.05) is 12.7 Å². The largest absolute Gasteiger partial charge is 0.480 e. The van der Waals surface area contributed by atoms with E-state index in [-0.39, 0.29) is 0 Å². The van der Waals surface area contributed by atoms with Crippen molar-refractivity contribution in [1.29, 1.82) is 0 Å². The first-order valence-corrected chi connectivity index (χ1v) is 5.65. The van der Waals surface area contributed by atoms with Crippen molar-refractivity contribution in [2.75, 3.05) is 11.9 Å². The van der Waals surface area contributed by atoms with Crippen LogP contribution in [0.5, 0.6) is 0 Å². The Hall–Kier alpha value is -1.51. The number of carboxylic acids is 1. The van der Waals surface area contributed by atoms with Crippen LogP contribution < -0.4 is 4.90 Å². The molecule has 0 saturated heterocycles. The standard InChI is InChI=1S/C13H19NO2/c1-4-10-8-6-7-9-12(10)14(3)11(5-2)13(15)16/h6-9,11H,4-5H2,1-3H3,(H,15,16). The van der Waals surface area contributed by atoms with Crippen LogP contribution in [0.4, 0.5) is 5.69 Å². The molecule has 1 aromatic rings. The first kappa shape index (κ1) is 12.6. The average molecular weight is 221 g/mol. The maximum atomic E-state index is 11.1. The molecule has 0 bridgehead atoms. The third-order valence-corrected chi connectivity index (χ3v) is 2.89. The Bertz CT molecular complexity index is 363. The minimum absolute atomic E-state index is 0.451. The average Bonchev–Trinajstić information content (AvgIpc) is 2.29. The number of nitrogens with zero attached hydrogens (tertiary/aromatic N) is 1. The van der Waals surface area contributed by atoms with E-state index in [9.17, 15) is 4.79 Å². The van der Waals surface area contributed by atoms with Crippen molar-refractivity contribution in [2.24, 2.45) is 0 Å². The van der Waals surface area contributed by atoms with Crippen molar-refractivity contribution in [2.45, 2.75) is 32.7 Å². The molecule has 1 rings (SSSR count). The van der Waals surface area contributed by atoms with Gasteiger partial charge >= 0.3 is 5.97 Å². The summed E-state index contributed by atoms with van der Waals surface area (Å²) in [5, 5.41) is 9.13. The lowest BCUT2D eigenvalue weighted by Crippen LogP contribution is -2.38. The second-order valence-electron chi connectivity index (χ2n) is 3.86. The zero-order valence-corrected chi connectivity index (χ0v) is 10.1. The summed E-state index contributed by atoms with van der Waals surface area (Å²) < 4.78 is 0. The molecular formula is C13H19NO2. The molecule has 0 spiro atoms. The molecule has 0 aliphatic rings. The zero-order valence-electron chi connectivity index (χ0n) is 10.1. The Morgan fingerprint density at radius 3 is 2.50 bits per heavy atom. The van der Waals surface area contributed by atoms with Gasteiger partial charge in [-0.2, -0.15) is 0 Å². The van der Waals surface area contributed by atoms with Crippen LogP contribution in [-0.2, 0) is 11.2 Å². The van der Waals surface area contributed by atoms with Crippen LogP contribution in [0, 0.1) is 0 Å². The lowest BCUT2D eigenvalue weighted by molar-refractivity contribution is -0.138. The highest BCUT2D eigenvalue weighted by Crippen LogP contribution is 2.22. The number of hydrogen-bond acceptors (Lipinski definition) is 2. The Labute approximate surface area is 96.7 Å². The highest BCUT2D eigenvalue weighted by molar-refractivity contribution is 5.78. The number of para-hydroxylation sites is 1. The van der Waals surface area contributed by atoms with E-state index >= 15 is 0 Å². The van der Waals surface area contributed by atoms with Crippen molar-refractivity contribution in [3.05, 3.63) is 29.8 Å². The second kappa shape index (κ2) is 5.54. The molecule has 3 nitrogen and oxygen atoms in total. The van der Waals surface area contributed by atoms with E-state index in [0.717, 1.165) is 12.1 Å². The monoisotopic (exact) mass is 221 g/mol. The minimum Gasteiger partial charge on any atom is -0.480 e. The summed E-state index contributed by atoms with van der Waals surface area (Å²) in [6.07, 6.45) is 1.51.